The van der Waals surface area contributed by atoms with Crippen molar-refractivity contribution in [2.24, 2.45) is 0 Å². The molecule has 1 saturated heterocycles. The highest BCUT2D eigenvalue weighted by Crippen LogP contribution is 2.19. The largest absolute Gasteiger partial charge is 0.481 e. The van der Waals surface area contributed by atoms with E-state index < -0.39 is 24.1 Å². The number of halogens is 2. The first-order chi connectivity index (χ1) is 13.2. The highest BCUT2D eigenvalue weighted by atomic mass is 19.1. The lowest BCUT2D eigenvalue weighted by Crippen LogP contribution is -2.57. The molecular weight excluding hydrogens is 366 g/mol. The van der Waals surface area contributed by atoms with Gasteiger partial charge in [0.25, 0.3) is 5.91 Å². The molecule has 1 aromatic rings. The maximum absolute atomic E-state index is 14.3. The molecule has 0 aromatic heterocycles. The molecule has 1 aliphatic rings. The van der Waals surface area contributed by atoms with Gasteiger partial charge in [0, 0.05) is 18.7 Å². The molecule has 1 fully saturated rings. The first-order valence-electron chi connectivity index (χ1n) is 9.55. The Bertz CT molecular complexity index is 734. The monoisotopic (exact) mass is 394 g/mol. The summed E-state index contributed by atoms with van der Waals surface area (Å²) in [6.07, 6.45) is -1.13. The van der Waals surface area contributed by atoms with Crippen LogP contribution in [0.1, 0.15) is 40.5 Å². The molecule has 0 radical (unpaired) electrons. The topological polar surface area (TPSA) is 58.6 Å². The molecule has 1 aromatic carbocycles. The van der Waals surface area contributed by atoms with Crippen molar-refractivity contribution < 1.29 is 23.1 Å². The van der Waals surface area contributed by atoms with Crippen molar-refractivity contribution in [1.82, 2.24) is 10.2 Å². The lowest BCUT2D eigenvalue weighted by Gasteiger charge is -2.36. The number of ether oxygens (including phenoxy) is 1. The zero-order valence-corrected chi connectivity index (χ0v) is 16.8. The van der Waals surface area contributed by atoms with Crippen LogP contribution in [0.2, 0.25) is 0 Å². The molecule has 5 nitrogen and oxygen atoms in total. The van der Waals surface area contributed by atoms with E-state index in [1.54, 1.807) is 13.8 Å². The number of likely N-dealkylation sites (tertiary alicyclic amines) is 1. The quantitative estimate of drug-likeness (QED) is 0.753. The lowest BCUT2D eigenvalue weighted by molar-refractivity contribution is -0.140. The normalized spacial score (nSPS) is 21.6. The van der Waals surface area contributed by atoms with Crippen LogP contribution in [-0.4, -0.2) is 48.1 Å². The van der Waals surface area contributed by atoms with Crippen LogP contribution in [0.4, 0.5) is 8.78 Å². The summed E-state index contributed by atoms with van der Waals surface area (Å²) < 4.78 is 32.9. The van der Waals surface area contributed by atoms with Gasteiger partial charge in [-0.1, -0.05) is 12.5 Å². The van der Waals surface area contributed by atoms with Crippen molar-refractivity contribution in [2.45, 2.75) is 58.9 Å². The van der Waals surface area contributed by atoms with E-state index in [9.17, 15) is 18.4 Å². The summed E-state index contributed by atoms with van der Waals surface area (Å²) in [6, 6.07) is 4.63. The van der Waals surface area contributed by atoms with Crippen molar-refractivity contribution in [2.75, 3.05) is 13.1 Å². The third-order valence-electron chi connectivity index (χ3n) is 5.14. The van der Waals surface area contributed by atoms with E-state index in [-0.39, 0.29) is 31.3 Å². The molecular formula is C21H28F2N2O3. The zero-order chi connectivity index (χ0) is 20.8. The van der Waals surface area contributed by atoms with E-state index >= 15 is 0 Å². The van der Waals surface area contributed by atoms with Gasteiger partial charge in [-0.3, -0.25) is 9.59 Å². The number of benzene rings is 1. The Hall–Kier alpha value is -2.44. The molecule has 1 unspecified atom stereocenters. The van der Waals surface area contributed by atoms with Gasteiger partial charge in [-0.05, 0) is 57.9 Å². The van der Waals surface area contributed by atoms with Gasteiger partial charge >= 0.3 is 0 Å². The van der Waals surface area contributed by atoms with Crippen LogP contribution in [0, 0.1) is 5.82 Å². The Morgan fingerprint density at radius 3 is 2.54 bits per heavy atom. The number of hydrogen-bond donors (Lipinski definition) is 1. The van der Waals surface area contributed by atoms with Crippen molar-refractivity contribution >= 4 is 11.8 Å². The van der Waals surface area contributed by atoms with E-state index in [0.717, 1.165) is 12.0 Å². The molecule has 154 valence electrons. The second kappa shape index (κ2) is 9.66. The average molecular weight is 394 g/mol. The molecule has 3 atom stereocenters. The predicted octanol–water partition coefficient (Wildman–Crippen LogP) is 3.39. The minimum absolute atomic E-state index is 0.0846. The molecule has 0 spiro atoms. The Morgan fingerprint density at radius 2 is 1.93 bits per heavy atom. The number of allylic oxidation sites excluding steroid dienone is 1. The fourth-order valence-corrected chi connectivity index (χ4v) is 3.02. The van der Waals surface area contributed by atoms with Gasteiger partial charge in [0.05, 0.1) is 6.04 Å². The maximum Gasteiger partial charge on any atom is 0.263 e. The number of amides is 2. The van der Waals surface area contributed by atoms with Gasteiger partial charge in [-0.2, -0.15) is 0 Å². The Kier molecular flexibility index (Phi) is 7.54. The molecule has 0 saturated carbocycles. The Balaban J connectivity index is 1.99. The number of nitrogens with zero attached hydrogens (tertiary/aromatic N) is 1. The predicted molar refractivity (Wildman–Crippen MR) is 103 cm³/mol. The molecule has 1 heterocycles. The number of carbonyl (C=O) groups is 2. The molecule has 0 aliphatic carbocycles. The van der Waals surface area contributed by atoms with Crippen molar-refractivity contribution in [3.63, 3.8) is 0 Å². The molecule has 7 heteroatoms. The summed E-state index contributed by atoms with van der Waals surface area (Å²) >= 11 is 0. The number of alkyl halides is 1. The van der Waals surface area contributed by atoms with Gasteiger partial charge in [0.2, 0.25) is 5.91 Å². The Morgan fingerprint density at radius 1 is 1.29 bits per heavy atom. The van der Waals surface area contributed by atoms with Crippen LogP contribution in [-0.2, 0) is 9.59 Å². The van der Waals surface area contributed by atoms with Gasteiger partial charge in [-0.25, -0.2) is 8.78 Å². The van der Waals surface area contributed by atoms with Crippen LogP contribution in [0.25, 0.3) is 0 Å². The highest BCUT2D eigenvalue weighted by molar-refractivity contribution is 5.93. The first kappa shape index (κ1) is 21.9. The molecule has 1 N–H and O–H groups in total. The van der Waals surface area contributed by atoms with Crippen molar-refractivity contribution in [3.05, 3.63) is 41.2 Å². The third kappa shape index (κ3) is 5.53. The minimum atomic E-state index is -1.21. The summed E-state index contributed by atoms with van der Waals surface area (Å²) in [4.78, 5) is 26.5. The van der Waals surface area contributed by atoms with E-state index in [2.05, 4.69) is 5.32 Å². The van der Waals surface area contributed by atoms with Crippen LogP contribution < -0.4 is 10.1 Å². The molecule has 2 amide bonds. The summed E-state index contributed by atoms with van der Waals surface area (Å²) in [5, 5.41) is 2.72. The smallest absolute Gasteiger partial charge is 0.263 e. The second-order valence-corrected chi connectivity index (χ2v) is 7.14. The van der Waals surface area contributed by atoms with E-state index in [1.165, 1.54) is 29.2 Å². The standard InChI is InChI=1S/C21H28F2N2O3/c1-5-13(2)14(3)20(26)24-19-12-25(11-10-18(19)23)21(27)15(4)28-17-8-6-16(22)7-9-17/h6-9,15,18-19H,5,10-12H2,1-4H3,(H,24,26)/b14-13+/t15?,18-,19+/m0/s1. The van der Waals surface area contributed by atoms with Crippen molar-refractivity contribution in [1.29, 1.82) is 0 Å². The average Bonchev–Trinajstić information content (AvgIpc) is 2.69. The molecule has 1 aliphatic heterocycles. The number of rotatable bonds is 6. The molecule has 0 bridgehead atoms. The zero-order valence-electron chi connectivity index (χ0n) is 16.8. The summed E-state index contributed by atoms with van der Waals surface area (Å²) in [6.45, 7) is 7.47. The van der Waals surface area contributed by atoms with Gasteiger partial charge in [-0.15, -0.1) is 0 Å². The van der Waals surface area contributed by atoms with Crippen LogP contribution >= 0.6 is 0 Å². The summed E-state index contributed by atoms with van der Waals surface area (Å²) in [7, 11) is 0. The van der Waals surface area contributed by atoms with Crippen LogP contribution in [0.3, 0.4) is 0 Å². The van der Waals surface area contributed by atoms with E-state index in [1.807, 2.05) is 13.8 Å². The highest BCUT2D eigenvalue weighted by Gasteiger charge is 2.34. The number of hydrogen-bond acceptors (Lipinski definition) is 3. The van der Waals surface area contributed by atoms with E-state index in [4.69, 9.17) is 4.74 Å². The molecule has 2 rings (SSSR count). The number of carbonyl (C=O) groups excluding carboxylic acids is 2. The van der Waals surface area contributed by atoms with E-state index in [0.29, 0.717) is 11.3 Å². The summed E-state index contributed by atoms with van der Waals surface area (Å²) in [5.41, 5.74) is 1.52. The number of piperidine rings is 1. The van der Waals surface area contributed by atoms with Gasteiger partial charge in [0.15, 0.2) is 6.10 Å². The number of nitrogens with one attached hydrogen (secondary N) is 1. The lowest BCUT2D eigenvalue weighted by atomic mass is 10.0. The van der Waals surface area contributed by atoms with Crippen molar-refractivity contribution in [3.8, 4) is 5.75 Å². The fourth-order valence-electron chi connectivity index (χ4n) is 3.02. The Labute approximate surface area is 164 Å². The maximum atomic E-state index is 14.3. The summed E-state index contributed by atoms with van der Waals surface area (Å²) in [5.74, 6) is -0.620. The SMILES string of the molecule is CC/C(C)=C(\C)C(=O)N[C@@H]1CN(C(=O)C(C)Oc2ccc(F)cc2)CC[C@@H]1F. The second-order valence-electron chi connectivity index (χ2n) is 7.14. The van der Waals surface area contributed by atoms with Gasteiger partial charge in [0.1, 0.15) is 17.7 Å². The van der Waals surface area contributed by atoms with Crippen LogP contribution in [0.15, 0.2) is 35.4 Å². The third-order valence-corrected chi connectivity index (χ3v) is 5.14. The van der Waals surface area contributed by atoms with Gasteiger partial charge < -0.3 is 15.0 Å². The molecule has 28 heavy (non-hydrogen) atoms. The first-order valence-corrected chi connectivity index (χ1v) is 9.55. The minimum Gasteiger partial charge on any atom is -0.481 e. The fraction of sp³-hybridized carbons (Fsp3) is 0.524. The van der Waals surface area contributed by atoms with Crippen LogP contribution in [0.5, 0.6) is 5.75 Å².